The molecule has 0 heterocycles. The third-order valence-electron chi connectivity index (χ3n) is 6.99. The van der Waals surface area contributed by atoms with Crippen LogP contribution in [0.1, 0.15) is 24.0 Å². The van der Waals surface area contributed by atoms with Crippen molar-refractivity contribution in [2.75, 3.05) is 14.1 Å². The van der Waals surface area contributed by atoms with Gasteiger partial charge in [-0.05, 0) is 31.6 Å². The van der Waals surface area contributed by atoms with Crippen LogP contribution >= 0.6 is 0 Å². The highest BCUT2D eigenvalue weighted by Gasteiger charge is 2.68. The lowest BCUT2D eigenvalue weighted by Crippen LogP contribution is -2.70. The van der Waals surface area contributed by atoms with Gasteiger partial charge in [0.2, 0.25) is 5.78 Å². The first-order chi connectivity index (χ1) is 14.9. The molecule has 4 rings (SSSR count). The zero-order valence-corrected chi connectivity index (χ0v) is 17.6. The molecule has 170 valence electrons. The maximum Gasteiger partial charge on any atom is 0.255 e. The van der Waals surface area contributed by atoms with Gasteiger partial charge < -0.3 is 31.3 Å². The summed E-state index contributed by atoms with van der Waals surface area (Å²) in [4.78, 5) is 40.0. The predicted octanol–water partition coefficient (Wildman–Crippen LogP) is -0.504. The summed E-state index contributed by atoms with van der Waals surface area (Å²) in [5.74, 6) is -8.87. The number of amides is 1. The number of aliphatic hydroxyl groups is 4. The number of likely N-dealkylation sites (N-methyl/N-ethyl adjacent to an activating group) is 1. The second-order valence-corrected chi connectivity index (χ2v) is 8.79. The minimum absolute atomic E-state index is 0.0245. The maximum absolute atomic E-state index is 13.7. The summed E-state index contributed by atoms with van der Waals surface area (Å²) in [6, 6.07) is 3.13. The lowest BCUT2D eigenvalue weighted by Gasteiger charge is -2.53. The molecule has 10 heteroatoms. The number of primary amides is 1. The van der Waals surface area contributed by atoms with E-state index in [0.717, 1.165) is 0 Å². The van der Waals surface area contributed by atoms with Crippen LogP contribution in [0.4, 0.5) is 0 Å². The summed E-state index contributed by atoms with van der Waals surface area (Å²) < 4.78 is 0. The van der Waals surface area contributed by atoms with Gasteiger partial charge in [-0.2, -0.15) is 0 Å². The molecule has 3 aliphatic rings. The van der Waals surface area contributed by atoms with Gasteiger partial charge in [-0.15, -0.1) is 0 Å². The number of Topliss-reactive ketones (excluding diaryl/α,β-unsaturated/α-hetero) is 2. The molecule has 7 N–H and O–H groups in total. The van der Waals surface area contributed by atoms with E-state index >= 15 is 0 Å². The molecular weight excluding hydrogens is 420 g/mol. The summed E-state index contributed by atoms with van der Waals surface area (Å²) in [5.41, 5.74) is 1.47. The van der Waals surface area contributed by atoms with Crippen LogP contribution < -0.4 is 5.73 Å². The smallest absolute Gasteiger partial charge is 0.255 e. The first kappa shape index (κ1) is 22.0. The van der Waals surface area contributed by atoms with E-state index in [1.165, 1.54) is 25.1 Å². The molecule has 0 unspecified atom stereocenters. The zero-order chi connectivity index (χ0) is 23.9. The molecule has 1 amide bonds. The molecule has 10 nitrogen and oxygen atoms in total. The first-order valence-electron chi connectivity index (χ1n) is 10.0. The molecule has 0 saturated heterocycles. The fourth-order valence-electron chi connectivity index (χ4n) is 5.58. The molecule has 1 saturated carbocycles. The van der Waals surface area contributed by atoms with Crippen molar-refractivity contribution in [2.24, 2.45) is 17.6 Å². The Morgan fingerprint density at radius 1 is 1.16 bits per heavy atom. The minimum atomic E-state index is -2.89. The van der Waals surface area contributed by atoms with Gasteiger partial charge in [0.25, 0.3) is 5.91 Å². The standard InChI is InChI=1S/C22H24N2O8/c1-7-8-5-4-6-9(25)11(8)16(26)12-10(7)17(27)14-15(24(2)3)18(28)13(21(23)31)20(30)22(14,32)19(12)29/h4-7,10,14-15,17,25-27,30,32H,1-3H3,(H2,23,31)/t7-,10-,14-,15-,17-,22+/m1/s1. The number of carbonyl (C=O) groups excluding carboxylic acids is 3. The summed E-state index contributed by atoms with van der Waals surface area (Å²) in [6.07, 6.45) is -1.59. The number of phenolic OH excluding ortho intramolecular Hbond substituents is 1. The summed E-state index contributed by atoms with van der Waals surface area (Å²) in [7, 11) is 2.92. The summed E-state index contributed by atoms with van der Waals surface area (Å²) in [5, 5.41) is 54.9. The number of hydrogen-bond acceptors (Lipinski definition) is 9. The SMILES string of the molecule is C[C@@H]1c2cccc(O)c2C(O)=C2C(=O)[C@]3(O)C(O)=C(C(N)=O)C(=O)[C@H](N(C)C)[C@@H]3[C@H](O)[C@@H]21. The van der Waals surface area contributed by atoms with Crippen molar-refractivity contribution in [3.63, 3.8) is 0 Å². The molecule has 1 aromatic carbocycles. The second kappa shape index (κ2) is 6.89. The Morgan fingerprint density at radius 3 is 2.34 bits per heavy atom. The van der Waals surface area contributed by atoms with Crippen molar-refractivity contribution in [2.45, 2.75) is 30.6 Å². The highest BCUT2D eigenvalue weighted by atomic mass is 16.4. The number of fused-ring (bicyclic) bond motifs is 3. The molecule has 1 fully saturated rings. The Kier molecular flexibility index (Phi) is 4.74. The van der Waals surface area contributed by atoms with Gasteiger partial charge in [-0.1, -0.05) is 19.1 Å². The number of rotatable bonds is 2. The maximum atomic E-state index is 13.7. The molecule has 6 atom stereocenters. The largest absolute Gasteiger partial charge is 0.508 e. The number of hydrogen-bond donors (Lipinski definition) is 6. The van der Waals surface area contributed by atoms with E-state index in [2.05, 4.69) is 0 Å². The molecule has 0 aliphatic heterocycles. The van der Waals surface area contributed by atoms with E-state index in [0.29, 0.717) is 5.56 Å². The normalized spacial score (nSPS) is 34.4. The number of aliphatic hydroxyl groups excluding tert-OH is 3. The highest BCUT2D eigenvalue weighted by molar-refractivity contribution is 6.24. The third kappa shape index (κ3) is 2.48. The molecule has 0 radical (unpaired) electrons. The number of aromatic hydroxyl groups is 1. The molecular formula is C22H24N2O8. The van der Waals surface area contributed by atoms with Crippen LogP contribution in [0, 0.1) is 11.8 Å². The van der Waals surface area contributed by atoms with E-state index in [9.17, 15) is 39.9 Å². The predicted molar refractivity (Wildman–Crippen MR) is 110 cm³/mol. The number of benzene rings is 1. The average Bonchev–Trinajstić information content (AvgIpc) is 2.70. The lowest BCUT2D eigenvalue weighted by atomic mass is 9.54. The molecule has 1 aromatic rings. The number of ketones is 2. The van der Waals surface area contributed by atoms with Crippen LogP contribution in [0.15, 0.2) is 35.1 Å². The molecule has 0 bridgehead atoms. The van der Waals surface area contributed by atoms with Crippen molar-refractivity contribution in [3.8, 4) is 5.75 Å². The van der Waals surface area contributed by atoms with Crippen LogP contribution in [0.3, 0.4) is 0 Å². The quantitative estimate of drug-likeness (QED) is 0.327. The first-order valence-corrected chi connectivity index (χ1v) is 10.0. The molecule has 0 spiro atoms. The zero-order valence-electron chi connectivity index (χ0n) is 17.6. The van der Waals surface area contributed by atoms with E-state index in [4.69, 9.17) is 5.73 Å². The van der Waals surface area contributed by atoms with Crippen LogP contribution in [0.2, 0.25) is 0 Å². The van der Waals surface area contributed by atoms with E-state index < -0.39 is 75.6 Å². The van der Waals surface area contributed by atoms with Crippen molar-refractivity contribution in [1.29, 1.82) is 0 Å². The van der Waals surface area contributed by atoms with Gasteiger partial charge in [-0.3, -0.25) is 19.3 Å². The summed E-state index contributed by atoms with van der Waals surface area (Å²) >= 11 is 0. The number of phenols is 1. The summed E-state index contributed by atoms with van der Waals surface area (Å²) in [6.45, 7) is 1.68. The van der Waals surface area contributed by atoms with Crippen molar-refractivity contribution >= 4 is 23.2 Å². The molecule has 0 aromatic heterocycles. The Balaban J connectivity index is 2.07. The highest BCUT2D eigenvalue weighted by Crippen LogP contribution is 2.55. The van der Waals surface area contributed by atoms with E-state index in [1.54, 1.807) is 19.1 Å². The van der Waals surface area contributed by atoms with Crippen molar-refractivity contribution in [1.82, 2.24) is 4.90 Å². The fourth-order valence-corrected chi connectivity index (χ4v) is 5.58. The van der Waals surface area contributed by atoms with Gasteiger partial charge in [0.05, 0.1) is 23.6 Å². The topological polar surface area (TPSA) is 182 Å². The van der Waals surface area contributed by atoms with Crippen molar-refractivity contribution in [3.05, 3.63) is 46.2 Å². The van der Waals surface area contributed by atoms with Crippen LogP contribution in [0.25, 0.3) is 5.76 Å². The van der Waals surface area contributed by atoms with Crippen molar-refractivity contribution < 1.29 is 39.9 Å². The van der Waals surface area contributed by atoms with E-state index in [1.807, 2.05) is 0 Å². The molecule has 3 aliphatic carbocycles. The monoisotopic (exact) mass is 444 g/mol. The Bertz CT molecular complexity index is 1140. The Labute approximate surface area is 182 Å². The van der Waals surface area contributed by atoms with Crippen LogP contribution in [-0.4, -0.2) is 79.7 Å². The third-order valence-corrected chi connectivity index (χ3v) is 6.99. The Hall–Kier alpha value is -3.21. The second-order valence-electron chi connectivity index (χ2n) is 8.79. The van der Waals surface area contributed by atoms with Gasteiger partial charge in [0, 0.05) is 11.5 Å². The fraction of sp³-hybridized carbons (Fsp3) is 0.409. The number of nitrogens with two attached hydrogens (primary N) is 1. The average molecular weight is 444 g/mol. The molecule has 32 heavy (non-hydrogen) atoms. The lowest BCUT2D eigenvalue weighted by molar-refractivity contribution is -0.169. The Morgan fingerprint density at radius 2 is 1.78 bits per heavy atom. The number of carbonyl (C=O) groups is 3. The van der Waals surface area contributed by atoms with Gasteiger partial charge in [-0.25, -0.2) is 0 Å². The van der Waals surface area contributed by atoms with Crippen LogP contribution in [-0.2, 0) is 14.4 Å². The number of nitrogens with zero attached hydrogens (tertiary/aromatic N) is 1. The van der Waals surface area contributed by atoms with Gasteiger partial charge >= 0.3 is 0 Å². The minimum Gasteiger partial charge on any atom is -0.508 e. The van der Waals surface area contributed by atoms with Gasteiger partial charge in [0.15, 0.2) is 11.4 Å². The van der Waals surface area contributed by atoms with Gasteiger partial charge in [0.1, 0.15) is 22.8 Å². The van der Waals surface area contributed by atoms with E-state index in [-0.39, 0.29) is 11.3 Å². The van der Waals surface area contributed by atoms with Crippen LogP contribution in [0.5, 0.6) is 5.75 Å².